The number of anilines is 2. The zero-order valence-electron chi connectivity index (χ0n) is 18.9. The summed E-state index contributed by atoms with van der Waals surface area (Å²) in [6, 6.07) is 23.9. The first kappa shape index (κ1) is 20.3. The number of allylic oxidation sites excluding steroid dienone is 2. The van der Waals surface area contributed by atoms with Crippen molar-refractivity contribution in [1.29, 1.82) is 0 Å². The monoisotopic (exact) mass is 472 g/mol. The SMILES string of the molecule is O=C1C(=Cc2nc3c(ccc4ccccc43)[nH]2)C(O)=C(O)C1=CC1Nc2ccc3ccccc3c2N1. The summed E-state index contributed by atoms with van der Waals surface area (Å²) < 4.78 is 0. The summed E-state index contributed by atoms with van der Waals surface area (Å²) in [6.07, 6.45) is 2.63. The van der Waals surface area contributed by atoms with Crippen LogP contribution in [0, 0.1) is 0 Å². The van der Waals surface area contributed by atoms with Crippen LogP contribution < -0.4 is 10.6 Å². The molecule has 1 atom stereocenters. The number of hydrogen-bond acceptors (Lipinski definition) is 6. The molecule has 0 amide bonds. The number of aliphatic hydroxyl groups excluding tert-OH is 2. The molecule has 0 saturated carbocycles. The molecule has 5 N–H and O–H groups in total. The molecule has 36 heavy (non-hydrogen) atoms. The lowest BCUT2D eigenvalue weighted by Gasteiger charge is -2.08. The Balaban J connectivity index is 1.23. The largest absolute Gasteiger partial charge is 0.504 e. The Hall–Kier alpha value is -5.04. The third-order valence-corrected chi connectivity index (χ3v) is 6.77. The molecule has 5 aromatic rings. The number of ketones is 1. The first-order chi connectivity index (χ1) is 17.6. The predicted molar refractivity (Wildman–Crippen MR) is 142 cm³/mol. The lowest BCUT2D eigenvalue weighted by Crippen LogP contribution is -2.20. The Morgan fingerprint density at radius 1 is 0.778 bits per heavy atom. The fourth-order valence-electron chi connectivity index (χ4n) is 5.03. The molecule has 2 heterocycles. The van der Waals surface area contributed by atoms with Crippen molar-refractivity contribution in [2.45, 2.75) is 6.17 Å². The Kier molecular flexibility index (Phi) is 4.23. The molecule has 1 aromatic heterocycles. The van der Waals surface area contributed by atoms with Gasteiger partial charge in [-0.2, -0.15) is 0 Å². The van der Waals surface area contributed by atoms with Crippen LogP contribution in [0.1, 0.15) is 5.82 Å². The maximum Gasteiger partial charge on any atom is 0.200 e. The molecule has 1 aliphatic heterocycles. The second-order valence-electron chi connectivity index (χ2n) is 8.95. The molecule has 1 unspecified atom stereocenters. The molecular weight excluding hydrogens is 452 g/mol. The van der Waals surface area contributed by atoms with Crippen LogP contribution in [0.2, 0.25) is 0 Å². The van der Waals surface area contributed by atoms with Crippen molar-refractivity contribution in [2.24, 2.45) is 0 Å². The fraction of sp³-hybridized carbons (Fsp3) is 0.0345. The number of aromatic amines is 1. The molecule has 0 fully saturated rings. The Bertz CT molecular complexity index is 1840. The minimum absolute atomic E-state index is 0.0110. The molecule has 1 aliphatic carbocycles. The highest BCUT2D eigenvalue weighted by molar-refractivity contribution is 6.19. The van der Waals surface area contributed by atoms with Gasteiger partial charge in [0.15, 0.2) is 11.5 Å². The first-order valence-corrected chi connectivity index (χ1v) is 11.6. The van der Waals surface area contributed by atoms with Crippen molar-refractivity contribution < 1.29 is 15.0 Å². The summed E-state index contributed by atoms with van der Waals surface area (Å²) in [5.74, 6) is -0.962. The zero-order valence-corrected chi connectivity index (χ0v) is 18.9. The van der Waals surface area contributed by atoms with E-state index in [0.29, 0.717) is 5.82 Å². The number of aliphatic hydroxyl groups is 2. The van der Waals surface area contributed by atoms with Gasteiger partial charge in [0.05, 0.1) is 33.6 Å². The standard InChI is InChI=1S/C29H20N4O3/c34-27-19(13-23-30-21-11-9-15-5-1-3-7-17(15)25(21)32-23)28(35)29(36)20(27)14-24-31-22-12-10-16-6-2-4-8-18(16)26(22)33-24/h1-14,23,30,32,35-36H,(H,31,33). The normalized spacial score (nSPS) is 19.6. The van der Waals surface area contributed by atoms with E-state index >= 15 is 0 Å². The minimum atomic E-state index is -0.472. The number of carbonyl (C=O) groups excluding carboxylic acids is 1. The number of nitrogens with one attached hydrogen (secondary N) is 3. The fourth-order valence-corrected chi connectivity index (χ4v) is 5.03. The van der Waals surface area contributed by atoms with Crippen LogP contribution in [0.15, 0.2) is 102 Å². The van der Waals surface area contributed by atoms with Crippen molar-refractivity contribution in [3.63, 3.8) is 0 Å². The van der Waals surface area contributed by atoms with Crippen LogP contribution in [0.3, 0.4) is 0 Å². The van der Waals surface area contributed by atoms with Gasteiger partial charge in [-0.25, -0.2) is 4.98 Å². The molecule has 7 heteroatoms. The van der Waals surface area contributed by atoms with Crippen LogP contribution in [-0.4, -0.2) is 32.1 Å². The molecule has 7 nitrogen and oxygen atoms in total. The number of benzene rings is 4. The van der Waals surface area contributed by atoms with E-state index in [0.717, 1.165) is 44.0 Å². The highest BCUT2D eigenvalue weighted by Gasteiger charge is 2.34. The van der Waals surface area contributed by atoms with E-state index in [2.05, 4.69) is 20.6 Å². The second-order valence-corrected chi connectivity index (χ2v) is 8.95. The van der Waals surface area contributed by atoms with Gasteiger partial charge >= 0.3 is 0 Å². The zero-order chi connectivity index (χ0) is 24.4. The third-order valence-electron chi connectivity index (χ3n) is 6.77. The van der Waals surface area contributed by atoms with Crippen molar-refractivity contribution in [1.82, 2.24) is 9.97 Å². The Morgan fingerprint density at radius 3 is 2.31 bits per heavy atom. The summed E-state index contributed by atoms with van der Waals surface area (Å²) in [5, 5.41) is 32.1. The lowest BCUT2D eigenvalue weighted by atomic mass is 10.1. The number of Topliss-reactive ketones (excluding diaryl/α,β-unsaturated/α-hetero) is 1. The van der Waals surface area contributed by atoms with Crippen LogP contribution in [0.4, 0.5) is 11.4 Å². The smallest absolute Gasteiger partial charge is 0.200 e. The Labute approximate surface area is 205 Å². The van der Waals surface area contributed by atoms with E-state index in [-0.39, 0.29) is 11.1 Å². The van der Waals surface area contributed by atoms with Gasteiger partial charge in [-0.1, -0.05) is 60.7 Å². The molecule has 0 spiro atoms. The number of fused-ring (bicyclic) bond motifs is 6. The predicted octanol–water partition coefficient (Wildman–Crippen LogP) is 5.95. The quantitative estimate of drug-likeness (QED) is 0.203. The molecule has 4 aromatic carbocycles. The molecule has 174 valence electrons. The topological polar surface area (TPSA) is 110 Å². The lowest BCUT2D eigenvalue weighted by molar-refractivity contribution is -0.111. The van der Waals surface area contributed by atoms with E-state index in [1.54, 1.807) is 6.08 Å². The van der Waals surface area contributed by atoms with Gasteiger partial charge in [0.25, 0.3) is 0 Å². The molecule has 2 aliphatic rings. The van der Waals surface area contributed by atoms with Crippen molar-refractivity contribution in [3.05, 3.63) is 107 Å². The van der Waals surface area contributed by atoms with Crippen molar-refractivity contribution >= 4 is 55.8 Å². The third kappa shape index (κ3) is 2.99. The van der Waals surface area contributed by atoms with Gasteiger partial charge in [-0.05, 0) is 35.1 Å². The highest BCUT2D eigenvalue weighted by Crippen LogP contribution is 2.38. The summed E-state index contributed by atoms with van der Waals surface area (Å²) in [7, 11) is 0. The van der Waals surface area contributed by atoms with Crippen molar-refractivity contribution in [2.75, 3.05) is 10.6 Å². The molecule has 0 radical (unpaired) electrons. The number of rotatable bonds is 2. The number of nitrogens with zero attached hydrogens (tertiary/aromatic N) is 1. The number of aromatic nitrogens is 2. The van der Waals surface area contributed by atoms with Gasteiger partial charge in [-0.15, -0.1) is 0 Å². The van der Waals surface area contributed by atoms with Gasteiger partial charge in [0.2, 0.25) is 5.78 Å². The first-order valence-electron chi connectivity index (χ1n) is 11.6. The maximum atomic E-state index is 13.2. The number of H-pyrrole nitrogens is 1. The summed E-state index contributed by atoms with van der Waals surface area (Å²) in [6.45, 7) is 0. The molecule has 0 bridgehead atoms. The van der Waals surface area contributed by atoms with E-state index in [1.165, 1.54) is 6.08 Å². The van der Waals surface area contributed by atoms with Crippen LogP contribution in [0.25, 0.3) is 38.7 Å². The number of carbonyl (C=O) groups is 1. The average molecular weight is 473 g/mol. The molecular formula is C29H20N4O3. The molecule has 0 saturated heterocycles. The van der Waals surface area contributed by atoms with E-state index in [4.69, 9.17) is 0 Å². The maximum absolute atomic E-state index is 13.2. The minimum Gasteiger partial charge on any atom is -0.504 e. The summed E-state index contributed by atoms with van der Waals surface area (Å²) >= 11 is 0. The van der Waals surface area contributed by atoms with Gasteiger partial charge in [0, 0.05) is 10.8 Å². The van der Waals surface area contributed by atoms with E-state index in [1.807, 2.05) is 72.8 Å². The average Bonchev–Trinajstić information content (AvgIpc) is 3.57. The Morgan fingerprint density at radius 2 is 1.47 bits per heavy atom. The van der Waals surface area contributed by atoms with Crippen LogP contribution in [0.5, 0.6) is 0 Å². The van der Waals surface area contributed by atoms with Crippen molar-refractivity contribution in [3.8, 4) is 0 Å². The summed E-state index contributed by atoms with van der Waals surface area (Å²) in [5.41, 5.74) is 3.44. The van der Waals surface area contributed by atoms with Crippen LogP contribution in [-0.2, 0) is 4.79 Å². The molecule has 7 rings (SSSR count). The highest BCUT2D eigenvalue weighted by atomic mass is 16.3. The van der Waals surface area contributed by atoms with Crippen LogP contribution >= 0.6 is 0 Å². The number of imidazole rings is 1. The van der Waals surface area contributed by atoms with E-state index in [9.17, 15) is 15.0 Å². The van der Waals surface area contributed by atoms with Gasteiger partial charge in [0.1, 0.15) is 12.0 Å². The second kappa shape index (κ2) is 7.48. The number of hydrogen-bond donors (Lipinski definition) is 5. The van der Waals surface area contributed by atoms with Gasteiger partial charge < -0.3 is 25.8 Å². The summed E-state index contributed by atoms with van der Waals surface area (Å²) in [4.78, 5) is 21.1. The van der Waals surface area contributed by atoms with Gasteiger partial charge in [-0.3, -0.25) is 4.79 Å². The van der Waals surface area contributed by atoms with E-state index < -0.39 is 23.5 Å².